The topological polar surface area (TPSA) is 61.6 Å². The Morgan fingerprint density at radius 1 is 1.14 bits per heavy atom. The first-order valence-corrected chi connectivity index (χ1v) is 6.38. The minimum atomic E-state index is -2.95. The molecule has 2 rings (SSSR count). The van der Waals surface area contributed by atoms with Gasteiger partial charge in [-0.3, -0.25) is 10.1 Å². The fourth-order valence-corrected chi connectivity index (χ4v) is 1.97. The van der Waals surface area contributed by atoms with E-state index in [0.29, 0.717) is 11.1 Å². The quantitative estimate of drug-likeness (QED) is 0.596. The van der Waals surface area contributed by atoms with Gasteiger partial charge in [0.2, 0.25) is 0 Å². The molecule has 5 nitrogen and oxygen atoms in total. The Morgan fingerprint density at radius 2 is 1.82 bits per heavy atom. The van der Waals surface area contributed by atoms with E-state index < -0.39 is 11.5 Å². The summed E-state index contributed by atoms with van der Waals surface area (Å²) in [5.41, 5.74) is 0.688. The standard InChI is InChI=1S/C15H13F2NO4/c1-10-5-4-8-13(14(10)18(19)20)21-9-11-6-2-3-7-12(11)22-15(16)17/h2-8,15H,9H2,1H3. The number of rotatable bonds is 6. The van der Waals surface area contributed by atoms with Gasteiger partial charge >= 0.3 is 12.3 Å². The van der Waals surface area contributed by atoms with Crippen molar-refractivity contribution >= 4 is 5.69 Å². The Bertz CT molecular complexity index is 676. The van der Waals surface area contributed by atoms with Gasteiger partial charge in [0, 0.05) is 11.1 Å². The van der Waals surface area contributed by atoms with Crippen LogP contribution in [0, 0.1) is 17.0 Å². The van der Waals surface area contributed by atoms with Crippen LogP contribution in [0.4, 0.5) is 14.5 Å². The van der Waals surface area contributed by atoms with Gasteiger partial charge in [-0.2, -0.15) is 8.78 Å². The van der Waals surface area contributed by atoms with Crippen molar-refractivity contribution in [2.24, 2.45) is 0 Å². The lowest BCUT2D eigenvalue weighted by Gasteiger charge is -2.12. The van der Waals surface area contributed by atoms with E-state index >= 15 is 0 Å². The monoisotopic (exact) mass is 309 g/mol. The first-order chi connectivity index (χ1) is 10.5. The zero-order valence-electron chi connectivity index (χ0n) is 11.7. The van der Waals surface area contributed by atoms with E-state index in [-0.39, 0.29) is 23.8 Å². The highest BCUT2D eigenvalue weighted by atomic mass is 19.3. The molecule has 0 aromatic heterocycles. The molecular formula is C15H13F2NO4. The van der Waals surface area contributed by atoms with Gasteiger partial charge in [0.15, 0.2) is 5.75 Å². The van der Waals surface area contributed by atoms with Crippen LogP contribution in [0.3, 0.4) is 0 Å². The van der Waals surface area contributed by atoms with E-state index in [2.05, 4.69) is 4.74 Å². The molecule has 0 unspecified atom stereocenters. The molecule has 116 valence electrons. The highest BCUT2D eigenvalue weighted by molar-refractivity contribution is 5.52. The predicted molar refractivity (Wildman–Crippen MR) is 75.2 cm³/mol. The van der Waals surface area contributed by atoms with Gasteiger partial charge in [0.1, 0.15) is 12.4 Å². The number of ether oxygens (including phenoxy) is 2. The third kappa shape index (κ3) is 3.69. The van der Waals surface area contributed by atoms with E-state index in [1.807, 2.05) is 0 Å². The van der Waals surface area contributed by atoms with Crippen LogP contribution in [0.5, 0.6) is 11.5 Å². The molecule has 22 heavy (non-hydrogen) atoms. The average Bonchev–Trinajstić information content (AvgIpc) is 2.45. The Labute approximate surface area is 125 Å². The number of para-hydroxylation sites is 2. The first-order valence-electron chi connectivity index (χ1n) is 6.38. The summed E-state index contributed by atoms with van der Waals surface area (Å²) in [5.74, 6) is 0.0599. The van der Waals surface area contributed by atoms with Crippen molar-refractivity contribution in [1.29, 1.82) is 0 Å². The van der Waals surface area contributed by atoms with E-state index in [0.717, 1.165) is 0 Å². The Kier molecular flexibility index (Phi) is 4.88. The van der Waals surface area contributed by atoms with Crippen LogP contribution in [-0.4, -0.2) is 11.5 Å². The number of hydrogen-bond donors (Lipinski definition) is 0. The van der Waals surface area contributed by atoms with Gasteiger partial charge in [-0.1, -0.05) is 30.3 Å². The van der Waals surface area contributed by atoms with Gasteiger partial charge in [0.25, 0.3) is 0 Å². The van der Waals surface area contributed by atoms with Gasteiger partial charge in [-0.05, 0) is 19.1 Å². The molecule has 0 saturated heterocycles. The van der Waals surface area contributed by atoms with E-state index in [1.165, 1.54) is 12.1 Å². The molecule has 2 aromatic carbocycles. The number of aryl methyl sites for hydroxylation is 1. The maximum Gasteiger partial charge on any atom is 0.387 e. The normalized spacial score (nSPS) is 10.5. The van der Waals surface area contributed by atoms with Gasteiger partial charge in [-0.15, -0.1) is 0 Å². The highest BCUT2D eigenvalue weighted by Crippen LogP contribution is 2.31. The zero-order chi connectivity index (χ0) is 16.1. The van der Waals surface area contributed by atoms with Crippen molar-refractivity contribution < 1.29 is 23.2 Å². The van der Waals surface area contributed by atoms with E-state index in [4.69, 9.17) is 4.74 Å². The largest absolute Gasteiger partial charge is 0.482 e. The number of nitrogens with zero attached hydrogens (tertiary/aromatic N) is 1. The average molecular weight is 309 g/mol. The van der Waals surface area contributed by atoms with Crippen LogP contribution in [-0.2, 0) is 6.61 Å². The molecule has 0 bridgehead atoms. The van der Waals surface area contributed by atoms with Gasteiger partial charge < -0.3 is 9.47 Å². The lowest BCUT2D eigenvalue weighted by Crippen LogP contribution is -2.06. The highest BCUT2D eigenvalue weighted by Gasteiger charge is 2.19. The van der Waals surface area contributed by atoms with Crippen LogP contribution in [0.15, 0.2) is 42.5 Å². The fraction of sp³-hybridized carbons (Fsp3) is 0.200. The number of nitro benzene ring substituents is 1. The van der Waals surface area contributed by atoms with Crippen molar-refractivity contribution in [3.8, 4) is 11.5 Å². The molecular weight excluding hydrogens is 296 g/mol. The predicted octanol–water partition coefficient (Wildman–Crippen LogP) is 4.08. The van der Waals surface area contributed by atoms with E-state index in [1.54, 1.807) is 37.3 Å². The minimum absolute atomic E-state index is 0.0205. The third-order valence-electron chi connectivity index (χ3n) is 2.96. The smallest absolute Gasteiger partial charge is 0.387 e. The van der Waals surface area contributed by atoms with Crippen molar-refractivity contribution in [3.05, 3.63) is 63.7 Å². The summed E-state index contributed by atoms with van der Waals surface area (Å²) < 4.78 is 34.5. The Balaban J connectivity index is 2.21. The SMILES string of the molecule is Cc1cccc(OCc2ccccc2OC(F)F)c1[N+](=O)[O-]. The maximum atomic E-state index is 12.3. The molecule has 0 aliphatic carbocycles. The Hall–Kier alpha value is -2.70. The van der Waals surface area contributed by atoms with Crippen molar-refractivity contribution in [1.82, 2.24) is 0 Å². The molecule has 0 atom stereocenters. The van der Waals surface area contributed by atoms with Crippen molar-refractivity contribution in [2.75, 3.05) is 0 Å². The van der Waals surface area contributed by atoms with E-state index in [9.17, 15) is 18.9 Å². The fourth-order valence-electron chi connectivity index (χ4n) is 1.97. The minimum Gasteiger partial charge on any atom is -0.482 e. The molecule has 2 aromatic rings. The summed E-state index contributed by atoms with van der Waals surface area (Å²) in [7, 11) is 0. The number of alkyl halides is 2. The summed E-state index contributed by atoms with van der Waals surface area (Å²) in [6, 6.07) is 10.8. The molecule has 0 aliphatic rings. The van der Waals surface area contributed by atoms with Gasteiger partial charge in [0.05, 0.1) is 4.92 Å². The van der Waals surface area contributed by atoms with Crippen LogP contribution in [0.1, 0.15) is 11.1 Å². The molecule has 0 aliphatic heterocycles. The summed E-state index contributed by atoms with van der Waals surface area (Å²) in [5, 5.41) is 11.1. The van der Waals surface area contributed by atoms with Crippen LogP contribution in [0.2, 0.25) is 0 Å². The Morgan fingerprint density at radius 3 is 2.50 bits per heavy atom. The molecule has 0 fully saturated rings. The lowest BCUT2D eigenvalue weighted by atomic mass is 10.2. The molecule has 0 heterocycles. The molecule has 0 spiro atoms. The lowest BCUT2D eigenvalue weighted by molar-refractivity contribution is -0.386. The first kappa shape index (κ1) is 15.7. The second-order valence-electron chi connectivity index (χ2n) is 4.45. The number of halogens is 2. The van der Waals surface area contributed by atoms with Crippen molar-refractivity contribution in [2.45, 2.75) is 20.1 Å². The molecule has 0 N–H and O–H groups in total. The molecule has 0 saturated carbocycles. The second kappa shape index (κ2) is 6.84. The van der Waals surface area contributed by atoms with Crippen LogP contribution < -0.4 is 9.47 Å². The summed E-state index contributed by atoms with van der Waals surface area (Å²) in [4.78, 5) is 10.5. The van der Waals surface area contributed by atoms with Gasteiger partial charge in [-0.25, -0.2) is 0 Å². The molecule has 0 amide bonds. The second-order valence-corrected chi connectivity index (χ2v) is 4.45. The molecule has 0 radical (unpaired) electrons. The summed E-state index contributed by atoms with van der Waals surface area (Å²) in [6.45, 7) is -1.47. The summed E-state index contributed by atoms with van der Waals surface area (Å²) in [6.07, 6.45) is 0. The number of nitro groups is 1. The zero-order valence-corrected chi connectivity index (χ0v) is 11.7. The van der Waals surface area contributed by atoms with Crippen LogP contribution in [0.25, 0.3) is 0 Å². The molecule has 7 heteroatoms. The third-order valence-corrected chi connectivity index (χ3v) is 2.96. The number of benzene rings is 2. The van der Waals surface area contributed by atoms with Crippen LogP contribution >= 0.6 is 0 Å². The van der Waals surface area contributed by atoms with Crippen molar-refractivity contribution in [3.63, 3.8) is 0 Å². The maximum absolute atomic E-state index is 12.3. The summed E-state index contributed by atoms with van der Waals surface area (Å²) >= 11 is 0. The number of hydrogen-bond acceptors (Lipinski definition) is 4.